The van der Waals surface area contributed by atoms with Gasteiger partial charge in [0.1, 0.15) is 17.5 Å². The number of nitrogens with one attached hydrogen (secondary N) is 2. The minimum atomic E-state index is -0.831. The van der Waals surface area contributed by atoms with Crippen molar-refractivity contribution in [1.29, 1.82) is 0 Å². The quantitative estimate of drug-likeness (QED) is 0.476. The molecule has 0 aromatic heterocycles. The number of imide groups is 1. The molecule has 3 aromatic rings. The average molecular weight is 415 g/mol. The number of aryl methyl sites for hydroxylation is 1. The van der Waals surface area contributed by atoms with Gasteiger partial charge in [-0.2, -0.15) is 0 Å². The SMILES string of the molecule is Cc1ccc(C(=O)NN[C@H]2CC(=O)N(c3ccc(Oc4ccccc4)cc3)C2=O)cc1. The zero-order chi connectivity index (χ0) is 21.8. The van der Waals surface area contributed by atoms with E-state index < -0.39 is 11.9 Å². The number of carbonyl (C=O) groups excluding carboxylic acids is 3. The Hall–Kier alpha value is -3.97. The molecule has 31 heavy (non-hydrogen) atoms. The summed E-state index contributed by atoms with van der Waals surface area (Å²) in [7, 11) is 0. The van der Waals surface area contributed by atoms with E-state index in [9.17, 15) is 14.4 Å². The molecule has 156 valence electrons. The summed E-state index contributed by atoms with van der Waals surface area (Å²) in [5.41, 5.74) is 7.14. The standard InChI is InChI=1S/C24H21N3O4/c1-16-7-9-17(10-8-16)23(29)26-25-21-15-22(28)27(24(21)30)18-11-13-20(14-12-18)31-19-5-3-2-4-6-19/h2-14,21,25H,15H2,1H3,(H,26,29)/t21-/m0/s1. The predicted molar refractivity (Wildman–Crippen MR) is 116 cm³/mol. The van der Waals surface area contributed by atoms with Crippen molar-refractivity contribution in [3.8, 4) is 11.5 Å². The first-order valence-electron chi connectivity index (χ1n) is 9.83. The molecule has 4 rings (SSSR count). The zero-order valence-electron chi connectivity index (χ0n) is 16.9. The van der Waals surface area contributed by atoms with Gasteiger partial charge in [-0.05, 0) is 55.5 Å². The van der Waals surface area contributed by atoms with Gasteiger partial charge in [-0.1, -0.05) is 35.9 Å². The number of hydrogen-bond acceptors (Lipinski definition) is 5. The normalized spacial score (nSPS) is 15.8. The molecule has 0 bridgehead atoms. The monoisotopic (exact) mass is 415 g/mol. The highest BCUT2D eigenvalue weighted by Gasteiger charge is 2.39. The molecule has 7 nitrogen and oxygen atoms in total. The number of rotatable bonds is 6. The largest absolute Gasteiger partial charge is 0.457 e. The van der Waals surface area contributed by atoms with Crippen LogP contribution in [0.15, 0.2) is 78.9 Å². The van der Waals surface area contributed by atoms with Crippen molar-refractivity contribution in [2.45, 2.75) is 19.4 Å². The van der Waals surface area contributed by atoms with E-state index in [2.05, 4.69) is 10.9 Å². The number of carbonyl (C=O) groups is 3. The van der Waals surface area contributed by atoms with E-state index in [0.717, 1.165) is 10.5 Å². The molecule has 0 radical (unpaired) electrons. The van der Waals surface area contributed by atoms with Crippen LogP contribution in [0.4, 0.5) is 5.69 Å². The third-order valence-corrected chi connectivity index (χ3v) is 4.89. The van der Waals surface area contributed by atoms with Crippen LogP contribution in [0.1, 0.15) is 22.3 Å². The van der Waals surface area contributed by atoms with E-state index in [1.807, 2.05) is 49.4 Å². The van der Waals surface area contributed by atoms with Crippen LogP contribution in [0.5, 0.6) is 11.5 Å². The molecule has 1 saturated heterocycles. The fourth-order valence-corrected chi connectivity index (χ4v) is 3.23. The summed E-state index contributed by atoms with van der Waals surface area (Å²) < 4.78 is 5.74. The number of nitrogens with zero attached hydrogens (tertiary/aromatic N) is 1. The van der Waals surface area contributed by atoms with E-state index >= 15 is 0 Å². The lowest BCUT2D eigenvalue weighted by molar-refractivity contribution is -0.121. The molecule has 7 heteroatoms. The second-order valence-corrected chi connectivity index (χ2v) is 7.20. The van der Waals surface area contributed by atoms with E-state index in [1.54, 1.807) is 36.4 Å². The number of amides is 3. The van der Waals surface area contributed by atoms with Gasteiger partial charge in [0.25, 0.3) is 11.8 Å². The van der Waals surface area contributed by atoms with Gasteiger partial charge in [-0.25, -0.2) is 10.3 Å². The topological polar surface area (TPSA) is 87.7 Å². The molecule has 3 aromatic carbocycles. The second kappa shape index (κ2) is 8.81. The van der Waals surface area contributed by atoms with Gasteiger partial charge >= 0.3 is 0 Å². The maximum Gasteiger partial charge on any atom is 0.265 e. The van der Waals surface area contributed by atoms with E-state index in [0.29, 0.717) is 22.7 Å². The number of para-hydroxylation sites is 1. The van der Waals surface area contributed by atoms with Crippen LogP contribution in [-0.4, -0.2) is 23.8 Å². The van der Waals surface area contributed by atoms with Crippen LogP contribution in [0.25, 0.3) is 0 Å². The van der Waals surface area contributed by atoms with Gasteiger partial charge in [0.2, 0.25) is 5.91 Å². The van der Waals surface area contributed by atoms with Crippen molar-refractivity contribution in [3.05, 3.63) is 90.0 Å². The van der Waals surface area contributed by atoms with E-state index in [4.69, 9.17) is 4.74 Å². The molecule has 1 fully saturated rings. The van der Waals surface area contributed by atoms with Crippen molar-refractivity contribution in [2.75, 3.05) is 4.90 Å². The van der Waals surface area contributed by atoms with Gasteiger partial charge in [-0.3, -0.25) is 19.8 Å². The van der Waals surface area contributed by atoms with Crippen molar-refractivity contribution in [2.24, 2.45) is 0 Å². The number of hydrogen-bond donors (Lipinski definition) is 2. The van der Waals surface area contributed by atoms with Crippen LogP contribution < -0.4 is 20.5 Å². The maximum atomic E-state index is 12.7. The van der Waals surface area contributed by atoms with Gasteiger partial charge in [0, 0.05) is 5.56 Å². The lowest BCUT2D eigenvalue weighted by atomic mass is 10.1. The highest BCUT2D eigenvalue weighted by Crippen LogP contribution is 2.27. The minimum Gasteiger partial charge on any atom is -0.457 e. The molecule has 1 heterocycles. The highest BCUT2D eigenvalue weighted by atomic mass is 16.5. The Bertz CT molecular complexity index is 1100. The van der Waals surface area contributed by atoms with Crippen LogP contribution in [0.2, 0.25) is 0 Å². The molecular weight excluding hydrogens is 394 g/mol. The van der Waals surface area contributed by atoms with Crippen LogP contribution >= 0.6 is 0 Å². The lowest BCUT2D eigenvalue weighted by Gasteiger charge is -2.16. The van der Waals surface area contributed by atoms with E-state index in [-0.39, 0.29) is 18.2 Å². The third-order valence-electron chi connectivity index (χ3n) is 4.89. The fraction of sp³-hybridized carbons (Fsp3) is 0.125. The summed E-state index contributed by atoms with van der Waals surface area (Å²) in [5, 5.41) is 0. The first kappa shape index (κ1) is 20.3. The highest BCUT2D eigenvalue weighted by molar-refractivity contribution is 6.22. The Morgan fingerprint density at radius 1 is 0.903 bits per heavy atom. The predicted octanol–water partition coefficient (Wildman–Crippen LogP) is 3.35. The molecule has 2 N–H and O–H groups in total. The summed E-state index contributed by atoms with van der Waals surface area (Å²) in [5.74, 6) is 0.141. The molecule has 0 aliphatic carbocycles. The number of hydrazine groups is 1. The lowest BCUT2D eigenvalue weighted by Crippen LogP contribution is -2.48. The average Bonchev–Trinajstić information content (AvgIpc) is 3.07. The van der Waals surface area contributed by atoms with Crippen molar-refractivity contribution in [3.63, 3.8) is 0 Å². The first-order chi connectivity index (χ1) is 15.0. The molecule has 3 amide bonds. The van der Waals surface area contributed by atoms with E-state index in [1.165, 1.54) is 0 Å². The number of anilines is 1. The van der Waals surface area contributed by atoms with Crippen molar-refractivity contribution >= 4 is 23.4 Å². The van der Waals surface area contributed by atoms with Crippen LogP contribution in [0, 0.1) is 6.92 Å². The molecule has 0 saturated carbocycles. The van der Waals surface area contributed by atoms with Gasteiger partial charge in [-0.15, -0.1) is 0 Å². The third kappa shape index (κ3) is 4.62. The smallest absolute Gasteiger partial charge is 0.265 e. The van der Waals surface area contributed by atoms with Gasteiger partial charge in [0.05, 0.1) is 12.1 Å². The maximum absolute atomic E-state index is 12.7. The Morgan fingerprint density at radius 2 is 1.55 bits per heavy atom. The fourth-order valence-electron chi connectivity index (χ4n) is 3.23. The summed E-state index contributed by atoms with van der Waals surface area (Å²) in [6, 6.07) is 22.2. The summed E-state index contributed by atoms with van der Waals surface area (Å²) in [6.07, 6.45) is -0.0464. The minimum absolute atomic E-state index is 0.0464. The van der Waals surface area contributed by atoms with Crippen molar-refractivity contribution < 1.29 is 19.1 Å². The Kier molecular flexibility index (Phi) is 5.77. The van der Waals surface area contributed by atoms with Crippen LogP contribution in [0.3, 0.4) is 0 Å². The molecule has 1 atom stereocenters. The number of ether oxygens (including phenoxy) is 1. The van der Waals surface area contributed by atoms with Gasteiger partial charge < -0.3 is 4.74 Å². The molecular formula is C24H21N3O4. The summed E-state index contributed by atoms with van der Waals surface area (Å²) in [4.78, 5) is 38.5. The molecule has 1 aliphatic rings. The molecule has 0 unspecified atom stereocenters. The first-order valence-corrected chi connectivity index (χ1v) is 9.83. The second-order valence-electron chi connectivity index (χ2n) is 7.20. The Balaban J connectivity index is 1.38. The van der Waals surface area contributed by atoms with Crippen molar-refractivity contribution in [1.82, 2.24) is 10.9 Å². The summed E-state index contributed by atoms with van der Waals surface area (Å²) >= 11 is 0. The number of benzene rings is 3. The van der Waals surface area contributed by atoms with Gasteiger partial charge in [0.15, 0.2) is 0 Å². The Morgan fingerprint density at radius 3 is 2.23 bits per heavy atom. The molecule has 0 spiro atoms. The van der Waals surface area contributed by atoms with Crippen LogP contribution in [-0.2, 0) is 9.59 Å². The summed E-state index contributed by atoms with van der Waals surface area (Å²) in [6.45, 7) is 1.93. The zero-order valence-corrected chi connectivity index (χ0v) is 16.9. The molecule has 1 aliphatic heterocycles. The Labute approximate surface area is 179 Å².